The van der Waals surface area contributed by atoms with E-state index in [1.807, 2.05) is 19.9 Å². The Morgan fingerprint density at radius 1 is 1.13 bits per heavy atom. The smallest absolute Gasteiger partial charge is 0.268 e. The van der Waals surface area contributed by atoms with Crippen molar-refractivity contribution in [2.75, 3.05) is 0 Å². The molecular formula is C18H18N2O3. The summed E-state index contributed by atoms with van der Waals surface area (Å²) in [5.41, 5.74) is 6.16. The maximum atomic E-state index is 12.8. The van der Waals surface area contributed by atoms with E-state index >= 15 is 0 Å². The zero-order valence-electron chi connectivity index (χ0n) is 13.1. The molecule has 0 unspecified atom stereocenters. The Labute approximate surface area is 133 Å². The molecular weight excluding hydrogens is 292 g/mol. The lowest BCUT2D eigenvalue weighted by atomic mass is 9.75. The molecule has 23 heavy (non-hydrogen) atoms. The second kappa shape index (κ2) is 5.19. The van der Waals surface area contributed by atoms with Gasteiger partial charge in [-0.3, -0.25) is 19.0 Å². The molecule has 1 aliphatic carbocycles. The highest BCUT2D eigenvalue weighted by molar-refractivity contribution is 6.02. The van der Waals surface area contributed by atoms with E-state index in [4.69, 9.17) is 5.73 Å². The first-order chi connectivity index (χ1) is 10.8. The first-order valence-electron chi connectivity index (χ1n) is 7.47. The number of aromatic nitrogens is 1. The SMILES string of the molecule is CC1(C)CC(=O)c2cc(C(N)=O)c(=O)n(-c3ccccc3)c2C1. The van der Waals surface area contributed by atoms with Crippen molar-refractivity contribution in [2.45, 2.75) is 26.7 Å². The van der Waals surface area contributed by atoms with Gasteiger partial charge in [0.15, 0.2) is 5.78 Å². The molecule has 0 bridgehead atoms. The van der Waals surface area contributed by atoms with Crippen molar-refractivity contribution in [3.05, 3.63) is 63.6 Å². The molecule has 1 aromatic heterocycles. The van der Waals surface area contributed by atoms with E-state index in [1.54, 1.807) is 24.3 Å². The number of benzene rings is 1. The van der Waals surface area contributed by atoms with Gasteiger partial charge in [0.2, 0.25) is 0 Å². The Bertz CT molecular complexity index is 864. The summed E-state index contributed by atoms with van der Waals surface area (Å²) in [6.45, 7) is 3.99. The Hall–Kier alpha value is -2.69. The second-order valence-electron chi connectivity index (χ2n) is 6.70. The molecule has 1 aromatic carbocycles. The highest BCUT2D eigenvalue weighted by Gasteiger charge is 2.34. The minimum absolute atomic E-state index is 0.0663. The lowest BCUT2D eigenvalue weighted by Gasteiger charge is -2.32. The highest BCUT2D eigenvalue weighted by atomic mass is 16.2. The molecule has 5 heteroatoms. The van der Waals surface area contributed by atoms with E-state index in [1.165, 1.54) is 10.6 Å². The molecule has 1 amide bonds. The maximum absolute atomic E-state index is 12.8. The molecule has 0 fully saturated rings. The van der Waals surface area contributed by atoms with Gasteiger partial charge in [0, 0.05) is 23.4 Å². The van der Waals surface area contributed by atoms with Gasteiger partial charge in [-0.25, -0.2) is 0 Å². The first-order valence-corrected chi connectivity index (χ1v) is 7.47. The number of nitrogens with zero attached hydrogens (tertiary/aromatic N) is 1. The molecule has 1 aliphatic rings. The molecule has 0 saturated heterocycles. The first kappa shape index (κ1) is 15.2. The third-order valence-corrected chi connectivity index (χ3v) is 4.17. The number of carbonyl (C=O) groups is 2. The van der Waals surface area contributed by atoms with Crippen molar-refractivity contribution in [1.29, 1.82) is 0 Å². The minimum Gasteiger partial charge on any atom is -0.365 e. The topological polar surface area (TPSA) is 82.2 Å². The van der Waals surface area contributed by atoms with Crippen LogP contribution in [-0.2, 0) is 6.42 Å². The summed E-state index contributed by atoms with van der Waals surface area (Å²) < 4.78 is 1.45. The number of fused-ring (bicyclic) bond motifs is 1. The number of pyridine rings is 1. The summed E-state index contributed by atoms with van der Waals surface area (Å²) in [5.74, 6) is -0.886. The lowest BCUT2D eigenvalue weighted by Crippen LogP contribution is -2.37. The molecule has 2 aromatic rings. The van der Waals surface area contributed by atoms with Crippen LogP contribution in [0.4, 0.5) is 0 Å². The van der Waals surface area contributed by atoms with E-state index in [9.17, 15) is 14.4 Å². The van der Waals surface area contributed by atoms with Crippen LogP contribution in [0.1, 0.15) is 46.7 Å². The summed E-state index contributed by atoms with van der Waals surface area (Å²) in [6, 6.07) is 10.4. The molecule has 0 spiro atoms. The Kier molecular flexibility index (Phi) is 3.43. The number of carbonyl (C=O) groups excluding carboxylic acids is 2. The van der Waals surface area contributed by atoms with Gasteiger partial charge in [-0.2, -0.15) is 0 Å². The third-order valence-electron chi connectivity index (χ3n) is 4.17. The quantitative estimate of drug-likeness (QED) is 0.922. The fraction of sp³-hybridized carbons (Fsp3) is 0.278. The molecule has 0 radical (unpaired) electrons. The number of amides is 1. The molecule has 118 valence electrons. The molecule has 0 saturated carbocycles. The summed E-state index contributed by atoms with van der Waals surface area (Å²) in [5, 5.41) is 0. The zero-order chi connectivity index (χ0) is 16.8. The van der Waals surface area contributed by atoms with E-state index in [0.29, 0.717) is 29.8 Å². The highest BCUT2D eigenvalue weighted by Crippen LogP contribution is 2.35. The number of nitrogens with two attached hydrogens (primary N) is 1. The number of primary amides is 1. The Balaban J connectivity index is 2.40. The fourth-order valence-corrected chi connectivity index (χ4v) is 3.14. The average Bonchev–Trinajstić information content (AvgIpc) is 2.46. The van der Waals surface area contributed by atoms with Crippen molar-refractivity contribution in [3.63, 3.8) is 0 Å². The van der Waals surface area contributed by atoms with Gasteiger partial charge in [0.1, 0.15) is 5.56 Å². The number of Topliss-reactive ketones (excluding diaryl/α,β-unsaturated/α-hetero) is 1. The van der Waals surface area contributed by atoms with Crippen LogP contribution in [0, 0.1) is 5.41 Å². The van der Waals surface area contributed by atoms with E-state index in [0.717, 1.165) is 0 Å². The lowest BCUT2D eigenvalue weighted by molar-refractivity contribution is 0.0909. The van der Waals surface area contributed by atoms with Crippen LogP contribution in [0.15, 0.2) is 41.2 Å². The maximum Gasteiger partial charge on any atom is 0.268 e. The van der Waals surface area contributed by atoms with Crippen molar-refractivity contribution >= 4 is 11.7 Å². The van der Waals surface area contributed by atoms with E-state index < -0.39 is 11.5 Å². The monoisotopic (exact) mass is 310 g/mol. The summed E-state index contributed by atoms with van der Waals surface area (Å²) in [6.07, 6.45) is 0.961. The summed E-state index contributed by atoms with van der Waals surface area (Å²) in [7, 11) is 0. The van der Waals surface area contributed by atoms with Crippen LogP contribution in [0.25, 0.3) is 5.69 Å². The van der Waals surface area contributed by atoms with Crippen molar-refractivity contribution < 1.29 is 9.59 Å². The minimum atomic E-state index is -0.819. The number of hydrogen-bond donors (Lipinski definition) is 1. The number of hydrogen-bond acceptors (Lipinski definition) is 3. The Morgan fingerprint density at radius 3 is 2.39 bits per heavy atom. The molecule has 0 aliphatic heterocycles. The van der Waals surface area contributed by atoms with E-state index in [2.05, 4.69) is 0 Å². The average molecular weight is 310 g/mol. The van der Waals surface area contributed by atoms with Gasteiger partial charge < -0.3 is 5.73 Å². The molecule has 1 heterocycles. The Morgan fingerprint density at radius 2 is 1.78 bits per heavy atom. The van der Waals surface area contributed by atoms with Crippen molar-refractivity contribution in [2.24, 2.45) is 11.1 Å². The van der Waals surface area contributed by atoms with Crippen LogP contribution >= 0.6 is 0 Å². The van der Waals surface area contributed by atoms with Crippen molar-refractivity contribution in [3.8, 4) is 5.69 Å². The summed E-state index contributed by atoms with van der Waals surface area (Å²) >= 11 is 0. The number of ketones is 1. The van der Waals surface area contributed by atoms with Crippen molar-refractivity contribution in [1.82, 2.24) is 4.57 Å². The van der Waals surface area contributed by atoms with Gasteiger partial charge in [0.25, 0.3) is 11.5 Å². The predicted molar refractivity (Wildman–Crippen MR) is 87.0 cm³/mol. The van der Waals surface area contributed by atoms with Gasteiger partial charge in [-0.05, 0) is 30.0 Å². The largest absolute Gasteiger partial charge is 0.365 e. The summed E-state index contributed by atoms with van der Waals surface area (Å²) in [4.78, 5) is 36.9. The van der Waals surface area contributed by atoms with Crippen LogP contribution in [-0.4, -0.2) is 16.3 Å². The molecule has 2 N–H and O–H groups in total. The molecule has 3 rings (SSSR count). The van der Waals surface area contributed by atoms with Gasteiger partial charge >= 0.3 is 0 Å². The van der Waals surface area contributed by atoms with Crippen LogP contribution < -0.4 is 11.3 Å². The zero-order valence-corrected chi connectivity index (χ0v) is 13.1. The fourth-order valence-electron chi connectivity index (χ4n) is 3.14. The second-order valence-corrected chi connectivity index (χ2v) is 6.70. The number of para-hydroxylation sites is 1. The van der Waals surface area contributed by atoms with Gasteiger partial charge in [0.05, 0.1) is 0 Å². The molecule has 0 atom stereocenters. The normalized spacial score (nSPS) is 16.0. The van der Waals surface area contributed by atoms with Gasteiger partial charge in [-0.15, -0.1) is 0 Å². The van der Waals surface area contributed by atoms with Crippen LogP contribution in [0.3, 0.4) is 0 Å². The predicted octanol–water partition coefficient (Wildman–Crippen LogP) is 2.09. The molecule has 5 nitrogen and oxygen atoms in total. The van der Waals surface area contributed by atoms with Gasteiger partial charge in [-0.1, -0.05) is 32.0 Å². The van der Waals surface area contributed by atoms with E-state index in [-0.39, 0.29) is 16.8 Å². The van der Waals surface area contributed by atoms with Crippen LogP contribution in [0.5, 0.6) is 0 Å². The number of rotatable bonds is 2. The van der Waals surface area contributed by atoms with Crippen LogP contribution in [0.2, 0.25) is 0 Å². The third kappa shape index (κ3) is 2.59. The standard InChI is InChI=1S/C18H18N2O3/c1-18(2)9-14-12(15(21)10-18)8-13(16(19)22)17(23)20(14)11-6-4-3-5-7-11/h3-8H,9-10H2,1-2H3,(H2,19,22).